The van der Waals surface area contributed by atoms with Crippen LogP contribution in [-0.2, 0) is 104 Å². The van der Waals surface area contributed by atoms with Crippen LogP contribution in [0.2, 0.25) is 0 Å². The molecular weight excluding hydrogens is 1140 g/mol. The van der Waals surface area contributed by atoms with E-state index in [2.05, 4.69) is 4.18 Å². The summed E-state index contributed by atoms with van der Waals surface area (Å²) in [7, 11) is -12.3. The third-order valence-corrected chi connectivity index (χ3v) is 26.7. The van der Waals surface area contributed by atoms with E-state index in [1.165, 1.54) is 0 Å². The van der Waals surface area contributed by atoms with Gasteiger partial charge < -0.3 is 28.4 Å². The zero-order chi connectivity index (χ0) is 59.5. The number of esters is 6. The van der Waals surface area contributed by atoms with E-state index >= 15 is 0 Å². The topological polar surface area (TPSA) is 313 Å². The predicted octanol–water partition coefficient (Wildman–Crippen LogP) is 6.11. The number of hydrogen-bond donors (Lipinski definition) is 0. The van der Waals surface area contributed by atoms with Gasteiger partial charge in [0.05, 0.1) is 37.9 Å². The molecular formula is C52H84O22S5. The van der Waals surface area contributed by atoms with Crippen molar-refractivity contribution in [1.29, 1.82) is 0 Å². The van der Waals surface area contributed by atoms with Crippen LogP contribution in [0, 0.1) is 45.3 Å². The Balaban J connectivity index is 0.000000200. The lowest BCUT2D eigenvalue weighted by Crippen LogP contribution is -2.37. The largest absolute Gasteiger partial charge is 0.462 e. The van der Waals surface area contributed by atoms with Crippen molar-refractivity contribution < 1.29 is 99.2 Å². The average Bonchev–Trinajstić information content (AvgIpc) is 4.36. The molecule has 0 aromatic heterocycles. The summed E-state index contributed by atoms with van der Waals surface area (Å²) in [6.07, 6.45) is 5.77. The summed E-state index contributed by atoms with van der Waals surface area (Å²) in [5.74, 6) is -3.15. The minimum atomic E-state index is -3.58. The Morgan fingerprint density at radius 2 is 1.13 bits per heavy atom. The van der Waals surface area contributed by atoms with Crippen LogP contribution in [0.5, 0.6) is 0 Å². The van der Waals surface area contributed by atoms with Gasteiger partial charge >= 0.3 is 35.8 Å². The first kappa shape index (κ1) is 66.7. The SMILES string of the molecule is CCC(C)(C)C(=O)OC1C2CCCC2SS1(=O)=O.CCC(C)(C)C(=O)OC1CCC2CC1CS2(=O)=O.CCC(C)(C)C(=O)OC1COS(=O)(=O)C1.CCC(C)(C)C(=O)OCCOC(=O)CC(=O)OC1C2CC3C1OS(=O)(=O)C3C2. The third kappa shape index (κ3) is 16.6. The van der Waals surface area contributed by atoms with Gasteiger partial charge in [-0.1, -0.05) is 34.1 Å². The summed E-state index contributed by atoms with van der Waals surface area (Å²) >= 11 is 0. The second-order valence-electron chi connectivity index (χ2n) is 24.4. The lowest BCUT2D eigenvalue weighted by atomic mass is 9.86. The molecule has 4 aliphatic carbocycles. The van der Waals surface area contributed by atoms with Crippen LogP contribution in [-0.4, -0.2) is 146 Å². The van der Waals surface area contributed by atoms with Crippen LogP contribution in [0.1, 0.15) is 167 Å². The molecule has 27 heteroatoms. The van der Waals surface area contributed by atoms with E-state index < -0.39 is 114 Å². The fourth-order valence-electron chi connectivity index (χ4n) is 10.2. The molecule has 4 saturated heterocycles. The molecule has 454 valence electrons. The van der Waals surface area contributed by atoms with Crippen LogP contribution in [0.4, 0.5) is 0 Å². The summed E-state index contributed by atoms with van der Waals surface area (Å²) in [5, 5.41) is -0.558. The summed E-state index contributed by atoms with van der Waals surface area (Å²) in [4.78, 5) is 71.2. The van der Waals surface area contributed by atoms with E-state index in [9.17, 15) is 62.4 Å². The molecule has 0 aromatic rings. The first-order valence-electron chi connectivity index (χ1n) is 27.4. The molecule has 8 rings (SSSR count). The zero-order valence-corrected chi connectivity index (χ0v) is 51.8. The molecule has 4 aliphatic heterocycles. The number of hydrogen-bond acceptors (Lipinski definition) is 23. The third-order valence-electron chi connectivity index (χ3n) is 17.1. The minimum absolute atomic E-state index is 0.00314. The van der Waals surface area contributed by atoms with Gasteiger partial charge in [0.25, 0.3) is 20.2 Å². The van der Waals surface area contributed by atoms with Crippen molar-refractivity contribution in [3.8, 4) is 0 Å². The molecule has 12 unspecified atom stereocenters. The highest BCUT2D eigenvalue weighted by Gasteiger charge is 2.65. The number of rotatable bonds is 17. The smallest absolute Gasteiger partial charge is 0.317 e. The van der Waals surface area contributed by atoms with Gasteiger partial charge in [0.1, 0.15) is 56.4 Å². The Kier molecular flexibility index (Phi) is 21.8. The Bertz CT molecular complexity index is 2700. The molecule has 22 nitrogen and oxygen atoms in total. The lowest BCUT2D eigenvalue weighted by molar-refractivity contribution is -0.165. The Morgan fingerprint density at radius 1 is 0.570 bits per heavy atom. The maximum absolute atomic E-state index is 12.0. The first-order valence-corrected chi connectivity index (χ1v) is 35.1. The van der Waals surface area contributed by atoms with Crippen LogP contribution in [0.3, 0.4) is 0 Å². The van der Waals surface area contributed by atoms with E-state index in [1.807, 2.05) is 41.5 Å². The number of ether oxygens (including phenoxy) is 6. The summed E-state index contributed by atoms with van der Waals surface area (Å²) in [5.41, 5.74) is -3.20. The molecule has 4 bridgehead atoms. The fourth-order valence-corrected chi connectivity index (χ4v) is 20.2. The molecule has 0 amide bonds. The van der Waals surface area contributed by atoms with Gasteiger partial charge in [-0.25, -0.2) is 16.8 Å². The van der Waals surface area contributed by atoms with Crippen molar-refractivity contribution in [3.63, 3.8) is 0 Å². The van der Waals surface area contributed by atoms with E-state index in [4.69, 9.17) is 32.6 Å². The summed E-state index contributed by atoms with van der Waals surface area (Å²) in [6.45, 7) is 21.7. The normalized spacial score (nSPS) is 31.8. The fraction of sp³-hybridized carbons (Fsp3) is 0.885. The first-order chi connectivity index (χ1) is 36.4. The van der Waals surface area contributed by atoms with E-state index in [-0.39, 0.29) is 89.5 Å². The average molecular weight is 1220 g/mol. The lowest BCUT2D eigenvalue weighted by Gasteiger charge is -2.30. The van der Waals surface area contributed by atoms with Crippen molar-refractivity contribution in [2.75, 3.05) is 31.3 Å². The highest BCUT2D eigenvalue weighted by molar-refractivity contribution is 8.72. The van der Waals surface area contributed by atoms with Crippen LogP contribution >= 0.6 is 10.8 Å². The Morgan fingerprint density at radius 3 is 1.70 bits per heavy atom. The van der Waals surface area contributed by atoms with Crippen LogP contribution in [0.25, 0.3) is 0 Å². The number of carbonyl (C=O) groups excluding carboxylic acids is 6. The minimum Gasteiger partial charge on any atom is -0.462 e. The van der Waals surface area contributed by atoms with Crippen LogP contribution < -0.4 is 0 Å². The van der Waals surface area contributed by atoms with Gasteiger partial charge in [-0.2, -0.15) is 16.8 Å². The van der Waals surface area contributed by atoms with Crippen molar-refractivity contribution in [2.24, 2.45) is 45.3 Å². The monoisotopic (exact) mass is 1220 g/mol. The summed E-state index contributed by atoms with van der Waals surface area (Å²) in [6, 6.07) is 0. The maximum atomic E-state index is 12.0. The second-order valence-corrected chi connectivity index (χ2v) is 34.4. The number of carbonyl (C=O) groups is 6. The van der Waals surface area contributed by atoms with Gasteiger partial charge in [0.15, 0.2) is 9.84 Å². The molecule has 79 heavy (non-hydrogen) atoms. The quantitative estimate of drug-likeness (QED) is 0.0396. The molecule has 4 heterocycles. The molecule has 0 radical (unpaired) electrons. The summed E-state index contributed by atoms with van der Waals surface area (Å²) < 4.78 is 134. The van der Waals surface area contributed by atoms with Crippen molar-refractivity contribution in [3.05, 3.63) is 0 Å². The van der Waals surface area contributed by atoms with Gasteiger partial charge in [-0.05, 0) is 137 Å². The number of fused-ring (bicyclic) bond motifs is 4. The molecule has 0 aromatic carbocycles. The predicted molar refractivity (Wildman–Crippen MR) is 288 cm³/mol. The van der Waals surface area contributed by atoms with Gasteiger partial charge in [0, 0.05) is 28.9 Å². The van der Waals surface area contributed by atoms with Gasteiger partial charge in [0.2, 0.25) is 14.3 Å². The van der Waals surface area contributed by atoms with Crippen LogP contribution in [0.15, 0.2) is 0 Å². The van der Waals surface area contributed by atoms with Crippen molar-refractivity contribution in [1.82, 2.24) is 0 Å². The standard InChI is InChI=1S/C18H26O9S.C13H22O4S.C12H20O4S2.C9H16O5S/c1-4-18(2,3)17(21)25-6-5-24-13(19)9-14(20)26-15-10-7-11-12(8-10)28(22,23)27-16(11)15;1-4-13(2,3)12(14)17-11-6-5-10-7-9(11)8-18(10,15)16;1-4-12(2,3)11(13)16-10-8-6-5-7-9(8)17-18(10,14)15;1-4-9(2,3)8(10)14-7-5-13-15(11,12)6-7/h10-12,15-16H,4-9H2,1-3H3;9-11H,4-8H2,1-3H3;8-10H,4-7H2,1-3H3;7H,4-6H2,1-3H3. The Labute approximate surface area is 471 Å². The molecule has 4 saturated carbocycles. The Hall–Kier alpha value is -3.11. The molecule has 8 fully saturated rings. The number of sulfone groups is 1. The molecule has 12 atom stereocenters. The molecule has 0 N–H and O–H groups in total. The highest BCUT2D eigenvalue weighted by atomic mass is 33.1. The van der Waals surface area contributed by atoms with E-state index in [0.717, 1.165) is 36.5 Å². The van der Waals surface area contributed by atoms with Gasteiger partial charge in [-0.15, -0.1) is 0 Å². The van der Waals surface area contributed by atoms with E-state index in [0.29, 0.717) is 51.4 Å². The highest BCUT2D eigenvalue weighted by Crippen LogP contribution is 2.55. The molecule has 8 aliphatic rings. The van der Waals surface area contributed by atoms with Crippen molar-refractivity contribution in [2.45, 2.75) is 212 Å². The maximum Gasteiger partial charge on any atom is 0.317 e. The zero-order valence-electron chi connectivity index (χ0n) is 47.7. The second kappa shape index (κ2) is 25.8. The van der Waals surface area contributed by atoms with Crippen molar-refractivity contribution >= 4 is 85.6 Å². The van der Waals surface area contributed by atoms with E-state index in [1.54, 1.807) is 41.5 Å². The molecule has 0 spiro atoms. The van der Waals surface area contributed by atoms with Gasteiger partial charge in [-0.3, -0.25) is 37.1 Å².